The van der Waals surface area contributed by atoms with E-state index in [1.807, 2.05) is 0 Å². The zero-order valence-electron chi connectivity index (χ0n) is 10.4. The van der Waals surface area contributed by atoms with Crippen molar-refractivity contribution in [2.45, 2.75) is 16.0 Å². The van der Waals surface area contributed by atoms with Crippen molar-refractivity contribution in [3.63, 3.8) is 0 Å². The molecule has 2 aromatic rings. The van der Waals surface area contributed by atoms with Gasteiger partial charge in [-0.25, -0.2) is 21.8 Å². The molecule has 11 heteroatoms. The van der Waals surface area contributed by atoms with Crippen molar-refractivity contribution in [3.8, 4) is 0 Å². The number of hydrogen-bond donors (Lipinski definition) is 1. The van der Waals surface area contributed by atoms with Crippen molar-refractivity contribution in [1.29, 1.82) is 0 Å². The van der Waals surface area contributed by atoms with Gasteiger partial charge in [0, 0.05) is 10.7 Å². The van der Waals surface area contributed by atoms with Gasteiger partial charge in [-0.1, -0.05) is 35.1 Å². The molecule has 1 aromatic carbocycles. The SMILES string of the molecule is Cc1nc(NS(=O)(=O)c2ccccc2Cl)sc1S(=O)(=O)Cl. The first-order valence-electron chi connectivity index (χ1n) is 5.31. The van der Waals surface area contributed by atoms with E-state index in [0.29, 0.717) is 11.3 Å². The number of hydrogen-bond acceptors (Lipinski definition) is 6. The third kappa shape index (κ3) is 3.67. The summed E-state index contributed by atoms with van der Waals surface area (Å²) in [5.41, 5.74) is 0.117. The number of aryl methyl sites for hydroxylation is 1. The largest absolute Gasteiger partial charge is 0.272 e. The predicted octanol–water partition coefficient (Wildman–Crippen LogP) is 2.83. The normalized spacial score (nSPS) is 12.3. The summed E-state index contributed by atoms with van der Waals surface area (Å²) in [6.45, 7) is 1.42. The van der Waals surface area contributed by atoms with Crippen LogP contribution < -0.4 is 4.72 Å². The third-order valence-electron chi connectivity index (χ3n) is 2.32. The predicted molar refractivity (Wildman–Crippen MR) is 82.2 cm³/mol. The van der Waals surface area contributed by atoms with Crippen LogP contribution in [0, 0.1) is 6.92 Å². The van der Waals surface area contributed by atoms with Crippen molar-refractivity contribution < 1.29 is 16.8 Å². The Morgan fingerprint density at radius 3 is 2.33 bits per heavy atom. The van der Waals surface area contributed by atoms with Gasteiger partial charge in [-0.3, -0.25) is 4.72 Å². The fourth-order valence-corrected chi connectivity index (χ4v) is 5.59. The minimum Gasteiger partial charge on any atom is -0.255 e. The lowest BCUT2D eigenvalue weighted by molar-refractivity contribution is 0.601. The molecule has 114 valence electrons. The van der Waals surface area contributed by atoms with E-state index in [0.717, 1.165) is 0 Å². The molecule has 1 N–H and O–H groups in total. The monoisotopic (exact) mass is 386 g/mol. The Morgan fingerprint density at radius 1 is 1.19 bits per heavy atom. The van der Waals surface area contributed by atoms with Gasteiger partial charge in [0.15, 0.2) is 9.34 Å². The van der Waals surface area contributed by atoms with Crippen LogP contribution in [0.25, 0.3) is 0 Å². The van der Waals surface area contributed by atoms with Crippen LogP contribution in [-0.4, -0.2) is 21.8 Å². The smallest absolute Gasteiger partial charge is 0.255 e. The molecule has 0 radical (unpaired) electrons. The Labute approximate surface area is 135 Å². The summed E-state index contributed by atoms with van der Waals surface area (Å²) in [6, 6.07) is 5.86. The zero-order valence-corrected chi connectivity index (χ0v) is 14.3. The van der Waals surface area contributed by atoms with Crippen LogP contribution in [-0.2, 0) is 19.1 Å². The highest BCUT2D eigenvalue weighted by molar-refractivity contribution is 8.15. The summed E-state index contributed by atoms with van der Waals surface area (Å²) < 4.78 is 48.9. The summed E-state index contributed by atoms with van der Waals surface area (Å²) in [5, 5.41) is -0.0601. The zero-order chi connectivity index (χ0) is 15.8. The number of benzene rings is 1. The Balaban J connectivity index is 2.41. The van der Waals surface area contributed by atoms with Crippen LogP contribution in [0.2, 0.25) is 5.02 Å². The van der Waals surface area contributed by atoms with Gasteiger partial charge in [-0.05, 0) is 19.1 Å². The molecule has 0 fully saturated rings. The summed E-state index contributed by atoms with van der Waals surface area (Å²) >= 11 is 6.46. The summed E-state index contributed by atoms with van der Waals surface area (Å²) in [7, 11) is -2.70. The molecule has 0 amide bonds. The first kappa shape index (κ1) is 16.5. The topological polar surface area (TPSA) is 93.2 Å². The number of halogens is 2. The van der Waals surface area contributed by atoms with E-state index in [1.54, 1.807) is 6.07 Å². The molecule has 0 unspecified atom stereocenters. The molecule has 0 saturated carbocycles. The van der Waals surface area contributed by atoms with Crippen molar-refractivity contribution in [1.82, 2.24) is 4.98 Å². The maximum Gasteiger partial charge on any atom is 0.272 e. The summed E-state index contributed by atoms with van der Waals surface area (Å²) in [5.74, 6) is 0. The molecule has 1 aromatic heterocycles. The van der Waals surface area contributed by atoms with E-state index in [4.69, 9.17) is 22.3 Å². The molecule has 0 aliphatic heterocycles. The third-order valence-corrected chi connectivity index (χ3v) is 7.54. The number of thiazole rings is 1. The maximum absolute atomic E-state index is 12.2. The van der Waals surface area contributed by atoms with E-state index in [2.05, 4.69) is 9.71 Å². The minimum atomic E-state index is -3.97. The van der Waals surface area contributed by atoms with Crippen LogP contribution in [0.15, 0.2) is 33.4 Å². The van der Waals surface area contributed by atoms with Crippen molar-refractivity contribution in [2.75, 3.05) is 4.72 Å². The number of nitrogens with zero attached hydrogens (tertiary/aromatic N) is 1. The second kappa shape index (κ2) is 5.73. The molecule has 0 aliphatic carbocycles. The average molecular weight is 387 g/mol. The van der Waals surface area contributed by atoms with E-state index >= 15 is 0 Å². The number of nitrogens with one attached hydrogen (secondary N) is 1. The molecule has 0 saturated heterocycles. The van der Waals surface area contributed by atoms with Gasteiger partial charge < -0.3 is 0 Å². The maximum atomic E-state index is 12.2. The van der Waals surface area contributed by atoms with Crippen molar-refractivity contribution in [2.24, 2.45) is 0 Å². The Morgan fingerprint density at radius 2 is 1.81 bits per heavy atom. The van der Waals surface area contributed by atoms with E-state index in [1.165, 1.54) is 25.1 Å². The molecule has 0 bridgehead atoms. The Hall–Kier alpha value is -0.870. The van der Waals surface area contributed by atoms with Crippen LogP contribution >= 0.6 is 33.6 Å². The fourth-order valence-electron chi connectivity index (χ4n) is 1.48. The van der Waals surface area contributed by atoms with Crippen molar-refractivity contribution >= 4 is 57.8 Å². The van der Waals surface area contributed by atoms with Crippen LogP contribution in [0.1, 0.15) is 5.69 Å². The molecule has 0 aliphatic rings. The van der Waals surface area contributed by atoms with E-state index in [-0.39, 0.29) is 25.0 Å². The molecule has 6 nitrogen and oxygen atoms in total. The Kier molecular flexibility index (Phi) is 4.50. The molecule has 1 heterocycles. The van der Waals surface area contributed by atoms with Gasteiger partial charge in [0.1, 0.15) is 4.90 Å². The van der Waals surface area contributed by atoms with Gasteiger partial charge in [0.25, 0.3) is 19.1 Å². The molecule has 21 heavy (non-hydrogen) atoms. The minimum absolute atomic E-state index is 0.0449. The second-order valence-corrected chi connectivity index (χ2v) is 9.68. The molecule has 0 spiro atoms. The lowest BCUT2D eigenvalue weighted by Gasteiger charge is -2.06. The van der Waals surface area contributed by atoms with Gasteiger partial charge in [0.05, 0.1) is 10.7 Å². The first-order valence-corrected chi connectivity index (χ1v) is 10.3. The molecular weight excluding hydrogens is 379 g/mol. The highest BCUT2D eigenvalue weighted by Crippen LogP contribution is 2.31. The van der Waals surface area contributed by atoms with E-state index < -0.39 is 19.1 Å². The molecule has 2 rings (SSSR count). The first-order chi connectivity index (χ1) is 9.61. The average Bonchev–Trinajstić information content (AvgIpc) is 2.69. The fraction of sp³-hybridized carbons (Fsp3) is 0.100. The highest BCUT2D eigenvalue weighted by Gasteiger charge is 2.23. The second-order valence-electron chi connectivity index (χ2n) is 3.87. The van der Waals surface area contributed by atoms with Crippen LogP contribution in [0.3, 0.4) is 0 Å². The quantitative estimate of drug-likeness (QED) is 0.815. The lowest BCUT2D eigenvalue weighted by atomic mass is 10.4. The number of anilines is 1. The molecular formula is C10H8Cl2N2O4S3. The summed E-state index contributed by atoms with van der Waals surface area (Å²) in [6.07, 6.45) is 0. The standard InChI is InChI=1S/C10H8Cl2N2O4S3/c1-6-9(20(12,15)16)19-10(13-6)14-21(17,18)8-5-3-2-4-7(8)11/h2-5H,1H3,(H,13,14). The van der Waals surface area contributed by atoms with Crippen LogP contribution in [0.4, 0.5) is 5.13 Å². The van der Waals surface area contributed by atoms with E-state index in [9.17, 15) is 16.8 Å². The van der Waals surface area contributed by atoms with Gasteiger partial charge >= 0.3 is 0 Å². The van der Waals surface area contributed by atoms with Gasteiger partial charge in [0.2, 0.25) is 0 Å². The van der Waals surface area contributed by atoms with Gasteiger partial charge in [-0.2, -0.15) is 0 Å². The summed E-state index contributed by atoms with van der Waals surface area (Å²) in [4.78, 5) is 3.71. The highest BCUT2D eigenvalue weighted by atomic mass is 35.7. The molecule has 0 atom stereocenters. The van der Waals surface area contributed by atoms with Crippen LogP contribution in [0.5, 0.6) is 0 Å². The number of aromatic nitrogens is 1. The lowest BCUT2D eigenvalue weighted by Crippen LogP contribution is -2.13. The number of sulfonamides is 1. The van der Waals surface area contributed by atoms with Crippen molar-refractivity contribution in [3.05, 3.63) is 35.0 Å². The number of rotatable bonds is 4. The Bertz CT molecular complexity index is 891. The van der Waals surface area contributed by atoms with Gasteiger partial charge in [-0.15, -0.1) is 0 Å².